The van der Waals surface area contributed by atoms with E-state index in [0.29, 0.717) is 0 Å². The average Bonchev–Trinajstić information content (AvgIpc) is 3.24. The van der Waals surface area contributed by atoms with Gasteiger partial charge in [0.1, 0.15) is 5.75 Å². The molecule has 0 atom stereocenters. The van der Waals surface area contributed by atoms with E-state index in [1.54, 1.807) is 0 Å². The monoisotopic (exact) mass is 261 g/mol. The summed E-state index contributed by atoms with van der Waals surface area (Å²) in [4.78, 5) is 0. The summed E-state index contributed by atoms with van der Waals surface area (Å²) in [5.74, 6) is 1.95. The Morgan fingerprint density at radius 1 is 1.11 bits per heavy atom. The third-order valence-corrected chi connectivity index (χ3v) is 3.65. The fraction of sp³-hybridized carbons (Fsp3) is 0.647. The Hall–Kier alpha value is -1.02. The Morgan fingerprint density at radius 2 is 1.89 bits per heavy atom. The van der Waals surface area contributed by atoms with Gasteiger partial charge in [-0.1, -0.05) is 38.3 Å². The quantitative estimate of drug-likeness (QED) is 0.639. The number of rotatable bonds is 10. The lowest BCUT2D eigenvalue weighted by Crippen LogP contribution is -2.15. The highest BCUT2D eigenvalue weighted by atomic mass is 16.5. The highest BCUT2D eigenvalue weighted by Gasteiger charge is 2.19. The van der Waals surface area contributed by atoms with Crippen LogP contribution in [0.3, 0.4) is 0 Å². The maximum absolute atomic E-state index is 5.74. The Kier molecular flexibility index (Phi) is 6.22. The van der Waals surface area contributed by atoms with Crippen LogP contribution in [0.25, 0.3) is 0 Å². The van der Waals surface area contributed by atoms with Gasteiger partial charge in [-0.3, -0.25) is 0 Å². The lowest BCUT2D eigenvalue weighted by atomic mass is 10.2. The highest BCUT2D eigenvalue weighted by molar-refractivity contribution is 5.27. The third-order valence-electron chi connectivity index (χ3n) is 3.65. The summed E-state index contributed by atoms with van der Waals surface area (Å²) < 4.78 is 5.74. The molecule has 1 saturated carbocycles. The Bertz CT molecular complexity index is 343. The first-order valence-corrected chi connectivity index (χ1v) is 7.81. The number of unbranched alkanes of at least 4 members (excludes halogenated alkanes) is 3. The first-order chi connectivity index (χ1) is 9.38. The lowest BCUT2D eigenvalue weighted by molar-refractivity contribution is 0.305. The molecule has 0 spiro atoms. The van der Waals surface area contributed by atoms with Gasteiger partial charge in [-0.2, -0.15) is 0 Å². The van der Waals surface area contributed by atoms with Gasteiger partial charge in [-0.25, -0.2) is 0 Å². The molecule has 2 rings (SSSR count). The molecule has 1 N–H and O–H groups in total. The minimum atomic E-state index is 0.847. The van der Waals surface area contributed by atoms with Crippen molar-refractivity contribution in [3.05, 3.63) is 29.8 Å². The minimum Gasteiger partial charge on any atom is -0.494 e. The molecule has 106 valence electrons. The van der Waals surface area contributed by atoms with Gasteiger partial charge in [0, 0.05) is 6.54 Å². The van der Waals surface area contributed by atoms with E-state index in [1.807, 2.05) is 0 Å². The molecule has 1 aromatic carbocycles. The zero-order chi connectivity index (χ0) is 13.3. The second kappa shape index (κ2) is 8.21. The molecule has 0 saturated heterocycles. The fourth-order valence-corrected chi connectivity index (χ4v) is 2.16. The number of nitrogens with one attached hydrogen (secondary N) is 1. The van der Waals surface area contributed by atoms with Crippen molar-refractivity contribution >= 4 is 0 Å². The molecule has 19 heavy (non-hydrogen) atoms. The zero-order valence-electron chi connectivity index (χ0n) is 12.2. The van der Waals surface area contributed by atoms with Crippen molar-refractivity contribution in [2.45, 2.75) is 52.0 Å². The van der Waals surface area contributed by atoms with Crippen molar-refractivity contribution in [1.82, 2.24) is 5.32 Å². The molecule has 1 fully saturated rings. The molecule has 0 aliphatic heterocycles. The van der Waals surface area contributed by atoms with Crippen LogP contribution in [-0.4, -0.2) is 13.2 Å². The molecule has 1 aliphatic carbocycles. The number of hydrogen-bond acceptors (Lipinski definition) is 2. The average molecular weight is 261 g/mol. The van der Waals surface area contributed by atoms with Gasteiger partial charge < -0.3 is 10.1 Å². The summed E-state index contributed by atoms with van der Waals surface area (Å²) in [5.41, 5.74) is 1.35. The van der Waals surface area contributed by atoms with Crippen LogP contribution in [0.5, 0.6) is 5.75 Å². The van der Waals surface area contributed by atoms with Gasteiger partial charge in [0.25, 0.3) is 0 Å². The molecule has 0 bridgehead atoms. The van der Waals surface area contributed by atoms with Crippen LogP contribution in [-0.2, 0) is 6.54 Å². The molecule has 0 amide bonds. The summed E-state index contributed by atoms with van der Waals surface area (Å²) in [6, 6.07) is 8.52. The van der Waals surface area contributed by atoms with Gasteiger partial charge >= 0.3 is 0 Å². The maximum Gasteiger partial charge on any atom is 0.119 e. The van der Waals surface area contributed by atoms with Crippen molar-refractivity contribution in [3.8, 4) is 5.75 Å². The van der Waals surface area contributed by atoms with Gasteiger partial charge in [-0.05, 0) is 49.4 Å². The van der Waals surface area contributed by atoms with Crippen LogP contribution >= 0.6 is 0 Å². The first kappa shape index (κ1) is 14.4. The molecule has 0 aromatic heterocycles. The second-order valence-corrected chi connectivity index (χ2v) is 5.63. The molecule has 1 aliphatic rings. The Balaban J connectivity index is 1.59. The fourth-order valence-electron chi connectivity index (χ4n) is 2.16. The Labute approximate surface area is 117 Å². The molecular weight excluding hydrogens is 234 g/mol. The predicted molar refractivity (Wildman–Crippen MR) is 80.5 cm³/mol. The first-order valence-electron chi connectivity index (χ1n) is 7.81. The van der Waals surface area contributed by atoms with Crippen LogP contribution in [0.15, 0.2) is 24.3 Å². The normalized spacial score (nSPS) is 14.6. The smallest absolute Gasteiger partial charge is 0.119 e. The van der Waals surface area contributed by atoms with E-state index in [-0.39, 0.29) is 0 Å². The van der Waals surface area contributed by atoms with Crippen molar-refractivity contribution < 1.29 is 4.74 Å². The summed E-state index contributed by atoms with van der Waals surface area (Å²) in [6.07, 6.45) is 7.87. The van der Waals surface area contributed by atoms with E-state index >= 15 is 0 Å². The van der Waals surface area contributed by atoms with E-state index < -0.39 is 0 Å². The van der Waals surface area contributed by atoms with Crippen molar-refractivity contribution in [2.24, 2.45) is 5.92 Å². The minimum absolute atomic E-state index is 0.847. The van der Waals surface area contributed by atoms with Crippen LogP contribution in [0, 0.1) is 5.92 Å². The summed E-state index contributed by atoms with van der Waals surface area (Å²) >= 11 is 0. The topological polar surface area (TPSA) is 21.3 Å². The third kappa shape index (κ3) is 6.11. The standard InChI is InChI=1S/C17H27NO/c1-2-3-4-5-12-19-17-10-8-16(9-11-17)14-18-13-15-6-7-15/h8-11,15,18H,2-7,12-14H2,1H3. The van der Waals surface area contributed by atoms with E-state index in [4.69, 9.17) is 4.74 Å². The second-order valence-electron chi connectivity index (χ2n) is 5.63. The molecular formula is C17H27NO. The summed E-state index contributed by atoms with van der Waals surface area (Å²) in [6.45, 7) is 5.24. The molecule has 0 radical (unpaired) electrons. The summed E-state index contributed by atoms with van der Waals surface area (Å²) in [5, 5.41) is 3.51. The van der Waals surface area contributed by atoms with Gasteiger partial charge in [0.15, 0.2) is 0 Å². The molecule has 1 aromatic rings. The van der Waals surface area contributed by atoms with E-state index in [9.17, 15) is 0 Å². The molecule has 2 nitrogen and oxygen atoms in total. The molecule has 0 heterocycles. The van der Waals surface area contributed by atoms with Crippen LogP contribution in [0.1, 0.15) is 51.0 Å². The Morgan fingerprint density at radius 3 is 2.58 bits per heavy atom. The summed E-state index contributed by atoms with van der Waals surface area (Å²) in [7, 11) is 0. The van der Waals surface area contributed by atoms with Gasteiger partial charge in [0.05, 0.1) is 6.61 Å². The molecule has 2 heteroatoms. The highest BCUT2D eigenvalue weighted by Crippen LogP contribution is 2.27. The van der Waals surface area contributed by atoms with Crippen LogP contribution in [0.4, 0.5) is 0 Å². The number of ether oxygens (including phenoxy) is 1. The van der Waals surface area contributed by atoms with E-state index in [0.717, 1.165) is 24.8 Å². The molecule has 0 unspecified atom stereocenters. The number of benzene rings is 1. The maximum atomic E-state index is 5.74. The van der Waals surface area contributed by atoms with E-state index in [1.165, 1.54) is 50.6 Å². The number of hydrogen-bond donors (Lipinski definition) is 1. The van der Waals surface area contributed by atoms with Crippen molar-refractivity contribution in [3.63, 3.8) is 0 Å². The van der Waals surface area contributed by atoms with Crippen molar-refractivity contribution in [1.29, 1.82) is 0 Å². The zero-order valence-corrected chi connectivity index (χ0v) is 12.2. The van der Waals surface area contributed by atoms with Gasteiger partial charge in [0.2, 0.25) is 0 Å². The van der Waals surface area contributed by atoms with Crippen molar-refractivity contribution in [2.75, 3.05) is 13.2 Å². The predicted octanol–water partition coefficient (Wildman–Crippen LogP) is 4.15. The lowest BCUT2D eigenvalue weighted by Gasteiger charge is -2.08. The van der Waals surface area contributed by atoms with Gasteiger partial charge in [-0.15, -0.1) is 0 Å². The largest absolute Gasteiger partial charge is 0.494 e. The van der Waals surface area contributed by atoms with Crippen LogP contribution < -0.4 is 10.1 Å². The SMILES string of the molecule is CCCCCCOc1ccc(CNCC2CC2)cc1. The van der Waals surface area contributed by atoms with Crippen LogP contribution in [0.2, 0.25) is 0 Å². The van der Waals surface area contributed by atoms with E-state index in [2.05, 4.69) is 36.5 Å².